The molecule has 0 spiro atoms. The number of rotatable bonds is 5. The van der Waals surface area contributed by atoms with Crippen molar-refractivity contribution in [2.24, 2.45) is 0 Å². The van der Waals surface area contributed by atoms with Crippen molar-refractivity contribution < 1.29 is 22.3 Å². The van der Waals surface area contributed by atoms with E-state index in [4.69, 9.17) is 4.74 Å². The molecule has 1 atom stereocenters. The van der Waals surface area contributed by atoms with Gasteiger partial charge in [-0.25, -0.2) is 19.3 Å². The van der Waals surface area contributed by atoms with Gasteiger partial charge in [-0.3, -0.25) is 0 Å². The molecular weight excluding hydrogens is 376 g/mol. The lowest BCUT2D eigenvalue weighted by Crippen LogP contribution is -2.32. The number of pyridine rings is 1. The van der Waals surface area contributed by atoms with E-state index in [-0.39, 0.29) is 11.8 Å². The Morgan fingerprint density at radius 3 is 2.54 bits per heavy atom. The van der Waals surface area contributed by atoms with E-state index < -0.39 is 24.1 Å². The molecule has 0 radical (unpaired) electrons. The monoisotopic (exact) mass is 398 g/mol. The summed E-state index contributed by atoms with van der Waals surface area (Å²) in [6.45, 7) is 4.21. The maximum absolute atomic E-state index is 15.5. The van der Waals surface area contributed by atoms with Crippen LogP contribution in [-0.2, 0) is 11.8 Å². The summed E-state index contributed by atoms with van der Waals surface area (Å²) in [6.07, 6.45) is -1.49. The third-order valence-electron chi connectivity index (χ3n) is 4.73. The first-order valence-electron chi connectivity index (χ1n) is 9.07. The molecule has 3 heterocycles. The molecule has 1 aliphatic heterocycles. The van der Waals surface area contributed by atoms with E-state index in [1.807, 2.05) is 0 Å². The molecule has 152 valence electrons. The Labute approximate surface area is 160 Å². The highest BCUT2D eigenvalue weighted by atomic mass is 19.4. The normalized spacial score (nSPS) is 17.9. The summed E-state index contributed by atoms with van der Waals surface area (Å²) in [4.78, 5) is 12.0. The highest BCUT2D eigenvalue weighted by Crippen LogP contribution is 2.35. The lowest BCUT2D eigenvalue weighted by molar-refractivity contribution is -0.141. The summed E-state index contributed by atoms with van der Waals surface area (Å²) in [5, 5.41) is 3.26. The molecule has 2 aromatic rings. The van der Waals surface area contributed by atoms with Crippen LogP contribution < -0.4 is 10.1 Å². The van der Waals surface area contributed by atoms with Crippen molar-refractivity contribution in [2.45, 2.75) is 44.5 Å². The lowest BCUT2D eigenvalue weighted by Gasteiger charge is -2.28. The fourth-order valence-electron chi connectivity index (χ4n) is 3.24. The topological polar surface area (TPSA) is 59.9 Å². The van der Waals surface area contributed by atoms with Gasteiger partial charge in [0.15, 0.2) is 5.67 Å². The van der Waals surface area contributed by atoms with Crippen molar-refractivity contribution >= 4 is 0 Å². The molecule has 0 amide bonds. The van der Waals surface area contributed by atoms with Crippen molar-refractivity contribution in [1.82, 2.24) is 20.3 Å². The van der Waals surface area contributed by atoms with Gasteiger partial charge in [0.2, 0.25) is 5.88 Å². The number of ether oxygens (including phenoxy) is 1. The average molecular weight is 398 g/mol. The second kappa shape index (κ2) is 7.98. The van der Waals surface area contributed by atoms with Crippen LogP contribution in [0, 0.1) is 6.92 Å². The Balaban J connectivity index is 1.81. The fraction of sp³-hybridized carbons (Fsp3) is 0.526. The Morgan fingerprint density at radius 2 is 1.86 bits per heavy atom. The molecule has 0 bridgehead atoms. The molecule has 0 aliphatic carbocycles. The molecule has 1 aliphatic rings. The number of aromatic nitrogens is 3. The van der Waals surface area contributed by atoms with Crippen LogP contribution in [0.2, 0.25) is 0 Å². The van der Waals surface area contributed by atoms with Crippen LogP contribution in [0.1, 0.15) is 48.5 Å². The Morgan fingerprint density at radius 1 is 1.14 bits per heavy atom. The summed E-state index contributed by atoms with van der Waals surface area (Å²) in [7, 11) is 0. The zero-order valence-electron chi connectivity index (χ0n) is 15.7. The van der Waals surface area contributed by atoms with Gasteiger partial charge >= 0.3 is 6.18 Å². The summed E-state index contributed by atoms with van der Waals surface area (Å²) in [6, 6.07) is 3.28. The van der Waals surface area contributed by atoms with Crippen LogP contribution in [0.15, 0.2) is 24.4 Å². The molecular formula is C19H22F4N4O. The molecule has 1 N–H and O–H groups in total. The van der Waals surface area contributed by atoms with Crippen molar-refractivity contribution in [3.8, 4) is 5.88 Å². The number of nitrogens with one attached hydrogen (secondary N) is 1. The van der Waals surface area contributed by atoms with Gasteiger partial charge < -0.3 is 10.1 Å². The van der Waals surface area contributed by atoms with Crippen molar-refractivity contribution in [3.05, 3.63) is 47.2 Å². The molecule has 3 rings (SSSR count). The molecule has 2 aromatic heterocycles. The minimum atomic E-state index is -4.59. The van der Waals surface area contributed by atoms with E-state index in [9.17, 15) is 13.2 Å². The zero-order valence-corrected chi connectivity index (χ0v) is 15.7. The first kappa shape index (κ1) is 20.4. The molecule has 1 saturated heterocycles. The van der Waals surface area contributed by atoms with Crippen LogP contribution in [0.4, 0.5) is 17.6 Å². The van der Waals surface area contributed by atoms with Crippen molar-refractivity contribution in [2.75, 3.05) is 19.7 Å². The predicted octanol–water partition coefficient (Wildman–Crippen LogP) is 3.93. The van der Waals surface area contributed by atoms with E-state index >= 15 is 4.39 Å². The maximum atomic E-state index is 15.5. The molecule has 9 heteroatoms. The molecule has 1 fully saturated rings. The van der Waals surface area contributed by atoms with Gasteiger partial charge in [-0.2, -0.15) is 13.2 Å². The Bertz CT molecular complexity index is 820. The van der Waals surface area contributed by atoms with Gasteiger partial charge in [-0.1, -0.05) is 6.07 Å². The molecule has 0 aromatic carbocycles. The number of hydrogen-bond acceptors (Lipinski definition) is 5. The molecule has 1 unspecified atom stereocenters. The highest BCUT2D eigenvalue weighted by Gasteiger charge is 2.35. The first-order valence-corrected chi connectivity index (χ1v) is 9.07. The minimum Gasteiger partial charge on any atom is -0.474 e. The molecule has 5 nitrogen and oxygen atoms in total. The summed E-state index contributed by atoms with van der Waals surface area (Å²) in [5.41, 5.74) is -2.12. The van der Waals surface area contributed by atoms with E-state index in [1.54, 1.807) is 6.92 Å². The number of hydrogen-bond donors (Lipinski definition) is 1. The average Bonchev–Trinajstić information content (AvgIpc) is 2.66. The third kappa shape index (κ3) is 4.76. The van der Waals surface area contributed by atoms with Crippen LogP contribution in [0.3, 0.4) is 0 Å². The van der Waals surface area contributed by atoms with Crippen LogP contribution in [0.5, 0.6) is 5.88 Å². The van der Waals surface area contributed by atoms with Crippen molar-refractivity contribution in [1.29, 1.82) is 0 Å². The smallest absolute Gasteiger partial charge is 0.433 e. The second-order valence-electron chi connectivity index (χ2n) is 7.09. The summed E-state index contributed by atoms with van der Waals surface area (Å²) >= 11 is 0. The van der Waals surface area contributed by atoms with Crippen LogP contribution >= 0.6 is 0 Å². The third-order valence-corrected chi connectivity index (χ3v) is 4.73. The second-order valence-corrected chi connectivity index (χ2v) is 7.09. The van der Waals surface area contributed by atoms with Crippen molar-refractivity contribution in [3.63, 3.8) is 0 Å². The van der Waals surface area contributed by atoms with E-state index in [2.05, 4.69) is 20.3 Å². The van der Waals surface area contributed by atoms with Gasteiger partial charge in [-0.15, -0.1) is 0 Å². The summed E-state index contributed by atoms with van der Waals surface area (Å²) < 4.78 is 59.2. The zero-order chi connectivity index (χ0) is 20.4. The number of aryl methyl sites for hydroxylation is 1. The quantitative estimate of drug-likeness (QED) is 0.774. The molecule has 28 heavy (non-hydrogen) atoms. The first-order chi connectivity index (χ1) is 13.2. The standard InChI is InChI=1S/C19H22F4N4O/c1-12-25-10-14(17(26-12)13-6-8-24-9-7-13)18(2,20)11-28-16-5-3-4-15(27-16)19(21,22)23/h3-5,10,13,24H,6-9,11H2,1-2H3. The van der Waals surface area contributed by atoms with Gasteiger partial charge in [0.25, 0.3) is 0 Å². The largest absolute Gasteiger partial charge is 0.474 e. The number of alkyl halides is 4. The maximum Gasteiger partial charge on any atom is 0.433 e. The lowest BCUT2D eigenvalue weighted by atomic mass is 9.87. The summed E-state index contributed by atoms with van der Waals surface area (Å²) in [5.74, 6) is 0.364. The van der Waals surface area contributed by atoms with Gasteiger partial charge in [0.05, 0.1) is 5.69 Å². The SMILES string of the molecule is Cc1ncc(C(C)(F)COc2cccc(C(F)(F)F)n2)c(C2CCNCC2)n1. The fourth-order valence-corrected chi connectivity index (χ4v) is 3.24. The number of halogens is 4. The van der Waals surface area contributed by atoms with Gasteiger partial charge in [-0.05, 0) is 45.8 Å². The molecule has 0 saturated carbocycles. The van der Waals surface area contributed by atoms with Gasteiger partial charge in [0.1, 0.15) is 18.1 Å². The van der Waals surface area contributed by atoms with Gasteiger partial charge in [0, 0.05) is 23.7 Å². The number of piperidine rings is 1. The van der Waals surface area contributed by atoms with E-state index in [0.29, 0.717) is 17.1 Å². The van der Waals surface area contributed by atoms with E-state index in [0.717, 1.165) is 32.0 Å². The Hall–Kier alpha value is -2.29. The van der Waals surface area contributed by atoms with Crippen LogP contribution in [-0.4, -0.2) is 34.6 Å². The van der Waals surface area contributed by atoms with Crippen LogP contribution in [0.25, 0.3) is 0 Å². The number of nitrogens with zero attached hydrogens (tertiary/aromatic N) is 3. The van der Waals surface area contributed by atoms with E-state index in [1.165, 1.54) is 25.3 Å². The highest BCUT2D eigenvalue weighted by molar-refractivity contribution is 5.29. The Kier molecular flexibility index (Phi) is 5.83. The minimum absolute atomic E-state index is 0.0970. The predicted molar refractivity (Wildman–Crippen MR) is 94.8 cm³/mol.